The third-order valence-corrected chi connectivity index (χ3v) is 5.08. The molecule has 0 spiro atoms. The van der Waals surface area contributed by atoms with E-state index in [0.717, 1.165) is 37.9 Å². The Labute approximate surface area is 155 Å². The van der Waals surface area contributed by atoms with Gasteiger partial charge < -0.3 is 10.2 Å². The van der Waals surface area contributed by atoms with Gasteiger partial charge in [0.1, 0.15) is 17.3 Å². The summed E-state index contributed by atoms with van der Waals surface area (Å²) in [4.78, 5) is 23.9. The second kappa shape index (κ2) is 8.30. The average Bonchev–Trinajstić information content (AvgIpc) is 2.67. The monoisotopic (exact) mass is 352 g/mol. The maximum atomic E-state index is 13.1. The Morgan fingerprint density at radius 2 is 2.04 bits per heavy atom. The molecule has 0 saturated carbocycles. The van der Waals surface area contributed by atoms with E-state index < -0.39 is 0 Å². The van der Waals surface area contributed by atoms with Crippen molar-refractivity contribution in [2.45, 2.75) is 58.9 Å². The predicted octanol–water partition coefficient (Wildman–Crippen LogP) is 4.50. The van der Waals surface area contributed by atoms with Gasteiger partial charge in [0.25, 0.3) is 5.91 Å². The number of rotatable bonds is 5. The van der Waals surface area contributed by atoms with Gasteiger partial charge in [-0.15, -0.1) is 0 Å². The fraction of sp³-hybridized carbons (Fsp3) is 0.476. The number of nitrogens with zero attached hydrogens (tertiary/aromatic N) is 3. The Hall–Kier alpha value is -2.43. The molecule has 1 N–H and O–H groups in total. The summed E-state index contributed by atoms with van der Waals surface area (Å²) in [6, 6.07) is 10.3. The van der Waals surface area contributed by atoms with Crippen molar-refractivity contribution >= 4 is 17.4 Å². The molecule has 3 rings (SSSR count). The predicted molar refractivity (Wildman–Crippen MR) is 105 cm³/mol. The minimum atomic E-state index is 0.0221. The number of para-hydroxylation sites is 1. The Bertz CT molecular complexity index is 774. The summed E-state index contributed by atoms with van der Waals surface area (Å²) in [6.07, 6.45) is 5.28. The van der Waals surface area contributed by atoms with Crippen molar-refractivity contribution in [3.8, 4) is 0 Å². The number of benzene rings is 1. The molecule has 26 heavy (non-hydrogen) atoms. The van der Waals surface area contributed by atoms with Crippen LogP contribution < -0.4 is 5.32 Å². The lowest BCUT2D eigenvalue weighted by Gasteiger charge is -2.35. The van der Waals surface area contributed by atoms with Gasteiger partial charge in [-0.3, -0.25) is 4.79 Å². The van der Waals surface area contributed by atoms with E-state index in [4.69, 9.17) is 0 Å². The summed E-state index contributed by atoms with van der Waals surface area (Å²) in [6.45, 7) is 6.93. The molecular formula is C21H28N4O. The van der Waals surface area contributed by atoms with E-state index in [1.165, 1.54) is 12.0 Å². The SMILES string of the molecule is CCc1ccccc1Nc1cc(C(=O)N2CCCCC2CC)nc(C)n1. The summed E-state index contributed by atoms with van der Waals surface area (Å²) >= 11 is 0. The molecule has 0 bridgehead atoms. The molecule has 1 atom stereocenters. The molecule has 5 nitrogen and oxygen atoms in total. The van der Waals surface area contributed by atoms with Gasteiger partial charge >= 0.3 is 0 Å². The molecule has 1 aliphatic heterocycles. The van der Waals surface area contributed by atoms with E-state index in [1.54, 1.807) is 6.07 Å². The van der Waals surface area contributed by atoms with Gasteiger partial charge in [-0.1, -0.05) is 32.0 Å². The van der Waals surface area contributed by atoms with Crippen LogP contribution in [0.15, 0.2) is 30.3 Å². The first-order valence-corrected chi connectivity index (χ1v) is 9.64. The lowest BCUT2D eigenvalue weighted by Crippen LogP contribution is -2.43. The highest BCUT2D eigenvalue weighted by molar-refractivity contribution is 5.93. The van der Waals surface area contributed by atoms with Crippen LogP contribution in [0.5, 0.6) is 0 Å². The smallest absolute Gasteiger partial charge is 0.272 e. The third kappa shape index (κ3) is 4.03. The van der Waals surface area contributed by atoms with Crippen LogP contribution >= 0.6 is 0 Å². The van der Waals surface area contributed by atoms with E-state index in [1.807, 2.05) is 30.0 Å². The molecule has 2 aromatic rings. The zero-order chi connectivity index (χ0) is 18.5. The van der Waals surface area contributed by atoms with E-state index >= 15 is 0 Å². The summed E-state index contributed by atoms with van der Waals surface area (Å²) in [5, 5.41) is 3.37. The van der Waals surface area contributed by atoms with Crippen LogP contribution in [0, 0.1) is 6.92 Å². The highest BCUT2D eigenvalue weighted by Gasteiger charge is 2.27. The normalized spacial score (nSPS) is 17.2. The van der Waals surface area contributed by atoms with Crippen LogP contribution in [-0.2, 0) is 6.42 Å². The van der Waals surface area contributed by atoms with E-state index in [0.29, 0.717) is 23.4 Å². The molecule has 1 saturated heterocycles. The van der Waals surface area contributed by atoms with Crippen molar-refractivity contribution in [2.75, 3.05) is 11.9 Å². The minimum Gasteiger partial charge on any atom is -0.340 e. The molecule has 0 radical (unpaired) electrons. The van der Waals surface area contributed by atoms with E-state index in [9.17, 15) is 4.79 Å². The van der Waals surface area contributed by atoms with Crippen LogP contribution in [-0.4, -0.2) is 33.4 Å². The lowest BCUT2D eigenvalue weighted by atomic mass is 9.99. The number of carbonyl (C=O) groups is 1. The maximum Gasteiger partial charge on any atom is 0.272 e. The summed E-state index contributed by atoms with van der Waals surface area (Å²) in [5.41, 5.74) is 2.73. The van der Waals surface area contributed by atoms with Gasteiger partial charge in [0.15, 0.2) is 0 Å². The number of aromatic nitrogens is 2. The second-order valence-corrected chi connectivity index (χ2v) is 6.88. The number of piperidine rings is 1. The topological polar surface area (TPSA) is 58.1 Å². The quantitative estimate of drug-likeness (QED) is 0.861. The fourth-order valence-corrected chi connectivity index (χ4v) is 3.67. The Kier molecular flexibility index (Phi) is 5.86. The van der Waals surface area contributed by atoms with Gasteiger partial charge in [-0.2, -0.15) is 0 Å². The zero-order valence-electron chi connectivity index (χ0n) is 16.0. The Morgan fingerprint density at radius 1 is 1.23 bits per heavy atom. The molecule has 1 fully saturated rings. The van der Waals surface area contributed by atoms with Crippen LogP contribution in [0.2, 0.25) is 0 Å². The number of nitrogens with one attached hydrogen (secondary N) is 1. The molecule has 1 aliphatic rings. The van der Waals surface area contributed by atoms with Gasteiger partial charge in [0, 0.05) is 24.3 Å². The number of carbonyl (C=O) groups excluding carboxylic acids is 1. The Balaban J connectivity index is 1.86. The summed E-state index contributed by atoms with van der Waals surface area (Å²) in [5.74, 6) is 1.30. The number of hydrogen-bond acceptors (Lipinski definition) is 4. The molecule has 1 aromatic carbocycles. The molecule has 1 aromatic heterocycles. The molecule has 1 amide bonds. The van der Waals surface area contributed by atoms with Crippen molar-refractivity contribution < 1.29 is 4.79 Å². The van der Waals surface area contributed by atoms with Crippen LogP contribution in [0.1, 0.15) is 61.4 Å². The van der Waals surface area contributed by atoms with Crippen molar-refractivity contribution in [3.63, 3.8) is 0 Å². The molecule has 1 unspecified atom stereocenters. The Morgan fingerprint density at radius 3 is 2.81 bits per heavy atom. The standard InChI is InChI=1S/C21H28N4O/c1-4-16-10-6-7-12-18(16)24-20-14-19(22-15(3)23-20)21(26)25-13-9-8-11-17(25)5-2/h6-7,10,12,14,17H,4-5,8-9,11,13H2,1-3H3,(H,22,23,24). The lowest BCUT2D eigenvalue weighted by molar-refractivity contribution is 0.0601. The van der Waals surface area contributed by atoms with Crippen molar-refractivity contribution in [3.05, 3.63) is 47.4 Å². The molecule has 5 heteroatoms. The minimum absolute atomic E-state index is 0.0221. The number of anilines is 2. The highest BCUT2D eigenvalue weighted by atomic mass is 16.2. The van der Waals surface area contributed by atoms with Crippen molar-refractivity contribution in [2.24, 2.45) is 0 Å². The first kappa shape index (κ1) is 18.4. The van der Waals surface area contributed by atoms with Gasteiger partial charge in [0.05, 0.1) is 0 Å². The van der Waals surface area contributed by atoms with E-state index in [2.05, 4.69) is 35.2 Å². The zero-order valence-corrected chi connectivity index (χ0v) is 16.0. The number of amides is 1. The summed E-state index contributed by atoms with van der Waals surface area (Å²) in [7, 11) is 0. The second-order valence-electron chi connectivity index (χ2n) is 6.88. The van der Waals surface area contributed by atoms with Crippen LogP contribution in [0.3, 0.4) is 0 Å². The van der Waals surface area contributed by atoms with Gasteiger partial charge in [-0.05, 0) is 50.7 Å². The first-order valence-electron chi connectivity index (χ1n) is 9.64. The van der Waals surface area contributed by atoms with Crippen LogP contribution in [0.4, 0.5) is 11.5 Å². The fourth-order valence-electron chi connectivity index (χ4n) is 3.67. The third-order valence-electron chi connectivity index (χ3n) is 5.08. The summed E-state index contributed by atoms with van der Waals surface area (Å²) < 4.78 is 0. The van der Waals surface area contributed by atoms with Crippen molar-refractivity contribution in [1.82, 2.24) is 14.9 Å². The number of likely N-dealkylation sites (tertiary alicyclic amines) is 1. The molecule has 138 valence electrons. The van der Waals surface area contributed by atoms with Gasteiger partial charge in [-0.25, -0.2) is 9.97 Å². The van der Waals surface area contributed by atoms with Crippen molar-refractivity contribution in [1.29, 1.82) is 0 Å². The van der Waals surface area contributed by atoms with Gasteiger partial charge in [0.2, 0.25) is 0 Å². The maximum absolute atomic E-state index is 13.1. The molecule has 0 aliphatic carbocycles. The first-order chi connectivity index (χ1) is 12.6. The molecular weight excluding hydrogens is 324 g/mol. The molecule has 2 heterocycles. The average molecular weight is 352 g/mol. The largest absolute Gasteiger partial charge is 0.340 e. The highest BCUT2D eigenvalue weighted by Crippen LogP contribution is 2.24. The van der Waals surface area contributed by atoms with Crippen LogP contribution in [0.25, 0.3) is 0 Å². The van der Waals surface area contributed by atoms with E-state index in [-0.39, 0.29) is 5.91 Å². The number of hydrogen-bond donors (Lipinski definition) is 1. The number of aryl methyl sites for hydroxylation is 2.